The molecule has 0 saturated heterocycles. The highest BCUT2D eigenvalue weighted by atomic mass is 32.2. The molecule has 4 nitrogen and oxygen atoms in total. The van der Waals surface area contributed by atoms with Crippen LogP contribution in [0.4, 0.5) is 0 Å². The van der Waals surface area contributed by atoms with Gasteiger partial charge >= 0.3 is 5.97 Å². The molecule has 0 heterocycles. The van der Waals surface area contributed by atoms with Crippen molar-refractivity contribution < 1.29 is 19.4 Å². The number of aldehydes is 1. The van der Waals surface area contributed by atoms with Crippen LogP contribution in [0.15, 0.2) is 23.1 Å². The standard InChI is InChI=1S/C18H26O4S/c1-3-5-6-14(4-2)13-22-18(21)9-10-23-17-8-7-15(12-19)11-16(17)20/h7-8,11-12,14,20H,3-6,9-10,13H2,1-2H3. The number of carbonyl (C=O) groups excluding carboxylic acids is 2. The number of ether oxygens (including phenoxy) is 1. The van der Waals surface area contributed by atoms with E-state index in [9.17, 15) is 14.7 Å². The molecule has 1 aromatic carbocycles. The molecule has 1 unspecified atom stereocenters. The molecule has 1 N–H and O–H groups in total. The number of phenols is 1. The topological polar surface area (TPSA) is 63.6 Å². The van der Waals surface area contributed by atoms with Gasteiger partial charge in [-0.05, 0) is 24.5 Å². The maximum Gasteiger partial charge on any atom is 0.306 e. The molecule has 0 radical (unpaired) electrons. The maximum atomic E-state index is 11.8. The molecule has 0 aliphatic rings. The van der Waals surface area contributed by atoms with Gasteiger partial charge in [-0.3, -0.25) is 9.59 Å². The summed E-state index contributed by atoms with van der Waals surface area (Å²) in [6.45, 7) is 4.78. The lowest BCUT2D eigenvalue weighted by atomic mass is 10.0. The fourth-order valence-corrected chi connectivity index (χ4v) is 3.01. The number of hydrogen-bond donors (Lipinski definition) is 1. The third kappa shape index (κ3) is 7.55. The number of aromatic hydroxyl groups is 1. The molecule has 0 aliphatic heterocycles. The van der Waals surface area contributed by atoms with Gasteiger partial charge in [0.15, 0.2) is 0 Å². The van der Waals surface area contributed by atoms with Crippen LogP contribution in [0.5, 0.6) is 5.75 Å². The highest BCUT2D eigenvalue weighted by molar-refractivity contribution is 7.99. The van der Waals surface area contributed by atoms with Gasteiger partial charge in [0.25, 0.3) is 0 Å². The fraction of sp³-hybridized carbons (Fsp3) is 0.556. The zero-order valence-electron chi connectivity index (χ0n) is 13.9. The van der Waals surface area contributed by atoms with Crippen molar-refractivity contribution >= 4 is 24.0 Å². The van der Waals surface area contributed by atoms with E-state index in [4.69, 9.17) is 4.74 Å². The Morgan fingerprint density at radius 2 is 2.17 bits per heavy atom. The van der Waals surface area contributed by atoms with Crippen molar-refractivity contribution in [2.45, 2.75) is 50.8 Å². The van der Waals surface area contributed by atoms with Crippen LogP contribution in [0.2, 0.25) is 0 Å². The Kier molecular flexibility index (Phi) is 9.45. The van der Waals surface area contributed by atoms with Gasteiger partial charge < -0.3 is 9.84 Å². The van der Waals surface area contributed by atoms with Crippen LogP contribution in [-0.4, -0.2) is 29.7 Å². The summed E-state index contributed by atoms with van der Waals surface area (Å²) < 4.78 is 5.34. The van der Waals surface area contributed by atoms with Crippen molar-refractivity contribution in [3.63, 3.8) is 0 Å². The molecule has 0 aliphatic carbocycles. The smallest absolute Gasteiger partial charge is 0.306 e. The summed E-state index contributed by atoms with van der Waals surface area (Å²) >= 11 is 1.38. The molecule has 128 valence electrons. The number of esters is 1. The molecular formula is C18H26O4S. The Labute approximate surface area is 142 Å². The predicted molar refractivity (Wildman–Crippen MR) is 93.1 cm³/mol. The van der Waals surface area contributed by atoms with E-state index in [1.165, 1.54) is 24.2 Å². The minimum absolute atomic E-state index is 0.0681. The second-order valence-corrected chi connectivity index (χ2v) is 6.68. The molecule has 0 fully saturated rings. The summed E-state index contributed by atoms with van der Waals surface area (Å²) in [5.74, 6) is 0.861. The second kappa shape index (κ2) is 11.1. The van der Waals surface area contributed by atoms with E-state index in [2.05, 4.69) is 13.8 Å². The second-order valence-electron chi connectivity index (χ2n) is 5.54. The van der Waals surface area contributed by atoms with Crippen molar-refractivity contribution in [1.82, 2.24) is 0 Å². The van der Waals surface area contributed by atoms with Crippen molar-refractivity contribution in [3.05, 3.63) is 23.8 Å². The van der Waals surface area contributed by atoms with Crippen LogP contribution in [0.1, 0.15) is 56.3 Å². The summed E-state index contributed by atoms with van der Waals surface area (Å²) in [5.41, 5.74) is 0.434. The largest absolute Gasteiger partial charge is 0.507 e. The van der Waals surface area contributed by atoms with Gasteiger partial charge in [-0.25, -0.2) is 0 Å². The van der Waals surface area contributed by atoms with Gasteiger partial charge in [0.05, 0.1) is 13.0 Å². The van der Waals surface area contributed by atoms with Crippen LogP contribution in [0.25, 0.3) is 0 Å². The summed E-state index contributed by atoms with van der Waals surface area (Å²) in [7, 11) is 0. The first-order valence-corrected chi connectivity index (χ1v) is 9.15. The van der Waals surface area contributed by atoms with Gasteiger partial charge in [-0.1, -0.05) is 39.2 Å². The first-order valence-electron chi connectivity index (χ1n) is 8.17. The number of hydrogen-bond acceptors (Lipinski definition) is 5. The first-order chi connectivity index (χ1) is 11.1. The van der Waals surface area contributed by atoms with Crippen LogP contribution in [-0.2, 0) is 9.53 Å². The SMILES string of the molecule is CCCCC(CC)COC(=O)CCSc1ccc(C=O)cc1O. The van der Waals surface area contributed by atoms with Crippen LogP contribution < -0.4 is 0 Å². The molecule has 1 atom stereocenters. The Hall–Kier alpha value is -1.49. The van der Waals surface area contributed by atoms with E-state index in [-0.39, 0.29) is 11.7 Å². The third-order valence-corrected chi connectivity index (χ3v) is 4.77. The average Bonchev–Trinajstić information content (AvgIpc) is 2.56. The van der Waals surface area contributed by atoms with Crippen molar-refractivity contribution in [2.75, 3.05) is 12.4 Å². The number of carbonyl (C=O) groups is 2. The highest BCUT2D eigenvalue weighted by Gasteiger charge is 2.11. The minimum Gasteiger partial charge on any atom is -0.507 e. The lowest BCUT2D eigenvalue weighted by Gasteiger charge is -2.14. The van der Waals surface area contributed by atoms with E-state index >= 15 is 0 Å². The van der Waals surface area contributed by atoms with Crippen molar-refractivity contribution in [1.29, 1.82) is 0 Å². The number of unbranched alkanes of at least 4 members (excludes halogenated alkanes) is 1. The summed E-state index contributed by atoms with van der Waals surface area (Å²) in [6, 6.07) is 4.76. The van der Waals surface area contributed by atoms with Crippen molar-refractivity contribution in [3.8, 4) is 5.75 Å². The molecule has 1 aromatic rings. The molecule has 0 spiro atoms. The van der Waals surface area contributed by atoms with Crippen LogP contribution in [0, 0.1) is 5.92 Å². The number of phenolic OH excluding ortho intramolecular Hbond substituents is 1. The summed E-state index contributed by atoms with van der Waals surface area (Å²) in [6.07, 6.45) is 5.46. The fourth-order valence-electron chi connectivity index (χ4n) is 2.16. The van der Waals surface area contributed by atoms with E-state index in [1.807, 2.05) is 0 Å². The zero-order valence-corrected chi connectivity index (χ0v) is 14.7. The monoisotopic (exact) mass is 338 g/mol. The minimum atomic E-state index is -0.198. The molecule has 0 bridgehead atoms. The molecular weight excluding hydrogens is 312 g/mol. The van der Waals surface area contributed by atoms with Crippen molar-refractivity contribution in [2.24, 2.45) is 5.92 Å². The number of rotatable bonds is 11. The van der Waals surface area contributed by atoms with Crippen LogP contribution >= 0.6 is 11.8 Å². The Morgan fingerprint density at radius 1 is 1.39 bits per heavy atom. The third-order valence-electron chi connectivity index (χ3n) is 3.71. The van der Waals surface area contributed by atoms with Gasteiger partial charge in [-0.2, -0.15) is 0 Å². The zero-order chi connectivity index (χ0) is 17.1. The Bertz CT molecular complexity index is 502. The Balaban J connectivity index is 2.29. The molecule has 23 heavy (non-hydrogen) atoms. The lowest BCUT2D eigenvalue weighted by Crippen LogP contribution is -2.14. The Morgan fingerprint density at radius 3 is 2.78 bits per heavy atom. The molecule has 1 rings (SSSR count). The molecule has 0 amide bonds. The molecule has 0 saturated carbocycles. The van der Waals surface area contributed by atoms with E-state index in [0.717, 1.165) is 19.3 Å². The van der Waals surface area contributed by atoms with Gasteiger partial charge in [0, 0.05) is 16.2 Å². The number of thioether (sulfide) groups is 1. The average molecular weight is 338 g/mol. The molecule has 0 aromatic heterocycles. The highest BCUT2D eigenvalue weighted by Crippen LogP contribution is 2.29. The first kappa shape index (κ1) is 19.6. The predicted octanol–water partition coefficient (Wildman–Crippen LogP) is 4.45. The van der Waals surface area contributed by atoms with E-state index in [1.54, 1.807) is 12.1 Å². The lowest BCUT2D eigenvalue weighted by molar-refractivity contribution is -0.144. The molecule has 5 heteroatoms. The quantitative estimate of drug-likeness (QED) is 0.367. The van der Waals surface area contributed by atoms with Gasteiger partial charge in [0.1, 0.15) is 12.0 Å². The number of benzene rings is 1. The van der Waals surface area contributed by atoms with Crippen LogP contribution in [0.3, 0.4) is 0 Å². The summed E-state index contributed by atoms with van der Waals surface area (Å²) in [4.78, 5) is 23.0. The normalized spacial score (nSPS) is 11.9. The van der Waals surface area contributed by atoms with Gasteiger partial charge in [0.2, 0.25) is 0 Å². The van der Waals surface area contributed by atoms with E-state index < -0.39 is 0 Å². The maximum absolute atomic E-state index is 11.8. The van der Waals surface area contributed by atoms with Gasteiger partial charge in [-0.15, -0.1) is 11.8 Å². The summed E-state index contributed by atoms with van der Waals surface area (Å²) in [5, 5.41) is 9.78. The van der Waals surface area contributed by atoms with E-state index in [0.29, 0.717) is 41.4 Å².